The van der Waals surface area contributed by atoms with E-state index in [-0.39, 0.29) is 19.3 Å². The fraction of sp³-hybridized carbons (Fsp3) is 0.344. The number of aliphatic hydroxyl groups excluding tert-OH is 1. The number of amides is 1. The van der Waals surface area contributed by atoms with Gasteiger partial charge in [-0.3, -0.25) is 9.69 Å². The van der Waals surface area contributed by atoms with Gasteiger partial charge in [0, 0.05) is 51.2 Å². The highest BCUT2D eigenvalue weighted by Gasteiger charge is 2.17. The predicted octanol–water partition coefficient (Wildman–Crippen LogP) is 4.15. The number of carbonyl (C=O) groups is 1. The van der Waals surface area contributed by atoms with E-state index in [9.17, 15) is 4.79 Å². The molecule has 1 amide bonds. The van der Waals surface area contributed by atoms with Gasteiger partial charge in [0.2, 0.25) is 12.7 Å². The van der Waals surface area contributed by atoms with Crippen molar-refractivity contribution in [1.29, 1.82) is 0 Å². The van der Waals surface area contributed by atoms with E-state index in [4.69, 9.17) is 14.6 Å². The highest BCUT2D eigenvalue weighted by atomic mass is 32.1. The molecule has 4 heterocycles. The van der Waals surface area contributed by atoms with Gasteiger partial charge in [-0.25, -0.2) is 9.97 Å². The molecule has 43 heavy (non-hydrogen) atoms. The normalized spacial score (nSPS) is 15.0. The van der Waals surface area contributed by atoms with Crippen molar-refractivity contribution in [1.82, 2.24) is 25.1 Å². The van der Waals surface area contributed by atoms with Crippen LogP contribution in [0.2, 0.25) is 0 Å². The van der Waals surface area contributed by atoms with Crippen molar-refractivity contribution in [2.45, 2.75) is 19.4 Å². The van der Waals surface area contributed by atoms with Crippen LogP contribution in [0.1, 0.15) is 27.2 Å². The van der Waals surface area contributed by atoms with E-state index in [1.165, 1.54) is 16.9 Å². The van der Waals surface area contributed by atoms with Gasteiger partial charge in [-0.2, -0.15) is 0 Å². The summed E-state index contributed by atoms with van der Waals surface area (Å²) in [7, 11) is 0. The van der Waals surface area contributed by atoms with Crippen LogP contribution in [0.4, 0.5) is 11.6 Å². The molecule has 2 aliphatic heterocycles. The molecule has 3 N–H and O–H groups in total. The molecule has 0 radical (unpaired) electrons. The van der Waals surface area contributed by atoms with Gasteiger partial charge >= 0.3 is 0 Å². The van der Waals surface area contributed by atoms with Crippen LogP contribution < -0.4 is 20.1 Å². The Balaban J connectivity index is 0.978. The van der Waals surface area contributed by atoms with Gasteiger partial charge in [-0.15, -0.1) is 11.3 Å². The van der Waals surface area contributed by atoms with Crippen LogP contribution in [0.5, 0.6) is 11.5 Å². The number of nitrogens with zero attached hydrogens (tertiary/aromatic N) is 4. The lowest BCUT2D eigenvalue weighted by atomic mass is 10.1. The third-order valence-corrected chi connectivity index (χ3v) is 8.77. The lowest BCUT2D eigenvalue weighted by Crippen LogP contribution is -2.47. The highest BCUT2D eigenvalue weighted by molar-refractivity contribution is 7.17. The fourth-order valence-corrected chi connectivity index (χ4v) is 6.13. The van der Waals surface area contributed by atoms with E-state index in [0.717, 1.165) is 79.7 Å². The average Bonchev–Trinajstić information content (AvgIpc) is 3.72. The van der Waals surface area contributed by atoms with Crippen LogP contribution in [-0.4, -0.2) is 83.4 Å². The van der Waals surface area contributed by atoms with Gasteiger partial charge in [0.25, 0.3) is 5.91 Å². The number of hydrogen-bond acceptors (Lipinski definition) is 10. The first-order chi connectivity index (χ1) is 21.1. The largest absolute Gasteiger partial charge is 0.454 e. The minimum atomic E-state index is -0.137. The number of piperazine rings is 1. The maximum absolute atomic E-state index is 12.8. The summed E-state index contributed by atoms with van der Waals surface area (Å²) in [6.07, 6.45) is 3.88. The Morgan fingerprint density at radius 2 is 1.67 bits per heavy atom. The van der Waals surface area contributed by atoms with E-state index < -0.39 is 0 Å². The Bertz CT molecular complexity index is 1520. The summed E-state index contributed by atoms with van der Waals surface area (Å²) in [6, 6.07) is 19.7. The number of rotatable bonds is 12. The van der Waals surface area contributed by atoms with Gasteiger partial charge in [0.1, 0.15) is 0 Å². The summed E-state index contributed by atoms with van der Waals surface area (Å²) < 4.78 is 10.8. The molecular weight excluding hydrogens is 564 g/mol. The highest BCUT2D eigenvalue weighted by Crippen LogP contribution is 2.32. The van der Waals surface area contributed by atoms with Crippen molar-refractivity contribution >= 4 is 28.9 Å². The number of benzene rings is 2. The third-order valence-electron chi connectivity index (χ3n) is 7.66. The monoisotopic (exact) mass is 600 g/mol. The minimum Gasteiger partial charge on any atom is -0.454 e. The quantitative estimate of drug-likeness (QED) is 0.221. The number of carbonyl (C=O) groups excluding carboxylic acids is 1. The number of aryl methyl sites for hydroxylation is 1. The molecule has 10 nitrogen and oxygen atoms in total. The Hall–Kier alpha value is -4.03. The van der Waals surface area contributed by atoms with E-state index in [1.807, 2.05) is 36.4 Å². The van der Waals surface area contributed by atoms with E-state index >= 15 is 0 Å². The van der Waals surface area contributed by atoms with Crippen LogP contribution in [-0.2, 0) is 13.0 Å². The van der Waals surface area contributed by atoms with Crippen molar-refractivity contribution in [2.24, 2.45) is 0 Å². The van der Waals surface area contributed by atoms with Gasteiger partial charge < -0.3 is 30.1 Å². The molecule has 0 aliphatic carbocycles. The molecule has 2 aromatic carbocycles. The molecule has 4 aromatic rings. The number of hydrogen-bond donors (Lipinski definition) is 3. The minimum absolute atomic E-state index is 0.137. The Morgan fingerprint density at radius 1 is 0.907 bits per heavy atom. The lowest BCUT2D eigenvalue weighted by molar-refractivity contribution is 0.0955. The van der Waals surface area contributed by atoms with E-state index in [1.54, 1.807) is 6.20 Å². The maximum atomic E-state index is 12.8. The van der Waals surface area contributed by atoms with Crippen molar-refractivity contribution in [3.05, 3.63) is 82.9 Å². The van der Waals surface area contributed by atoms with Crippen molar-refractivity contribution in [3.8, 4) is 22.1 Å². The average molecular weight is 601 g/mol. The Kier molecular flexibility index (Phi) is 9.43. The van der Waals surface area contributed by atoms with Gasteiger partial charge in [-0.1, -0.05) is 18.2 Å². The first-order valence-corrected chi connectivity index (χ1v) is 15.5. The topological polar surface area (TPSA) is 112 Å². The first kappa shape index (κ1) is 29.1. The fourth-order valence-electron chi connectivity index (χ4n) is 5.24. The van der Waals surface area contributed by atoms with E-state index in [0.29, 0.717) is 23.1 Å². The first-order valence-electron chi connectivity index (χ1n) is 14.6. The number of anilines is 2. The Morgan fingerprint density at radius 3 is 2.49 bits per heavy atom. The second-order valence-electron chi connectivity index (χ2n) is 10.6. The number of nitrogens with one attached hydrogen (secondary N) is 2. The smallest absolute Gasteiger partial charge is 0.261 e. The summed E-state index contributed by atoms with van der Waals surface area (Å²) >= 11 is 1.40. The second kappa shape index (κ2) is 14.0. The van der Waals surface area contributed by atoms with Crippen LogP contribution >= 0.6 is 11.3 Å². The molecule has 11 heteroatoms. The van der Waals surface area contributed by atoms with Crippen LogP contribution in [0.25, 0.3) is 10.6 Å². The number of fused-ring (bicyclic) bond motifs is 1. The zero-order valence-electron chi connectivity index (χ0n) is 24.0. The summed E-state index contributed by atoms with van der Waals surface area (Å²) in [5.74, 6) is 1.79. The SMILES string of the molecule is O=C(NCc1ccc2c(c1)OCO2)c1ccc(-c2ccnc(Nc3ccc(CCCN4CCN(CCO)CC4)cc3)n2)s1. The van der Waals surface area contributed by atoms with E-state index in [2.05, 4.69) is 54.7 Å². The molecule has 0 atom stereocenters. The van der Waals surface area contributed by atoms with Crippen LogP contribution in [0, 0.1) is 0 Å². The molecule has 1 fully saturated rings. The molecule has 0 spiro atoms. The Labute approximate surface area is 255 Å². The maximum Gasteiger partial charge on any atom is 0.261 e. The molecule has 2 aromatic heterocycles. The van der Waals surface area contributed by atoms with Crippen molar-refractivity contribution in [3.63, 3.8) is 0 Å². The summed E-state index contributed by atoms with van der Waals surface area (Å²) in [5.41, 5.74) is 3.93. The molecule has 1 saturated heterocycles. The van der Waals surface area contributed by atoms with Crippen molar-refractivity contribution in [2.75, 3.05) is 58.0 Å². The molecule has 0 bridgehead atoms. The molecule has 0 saturated carbocycles. The molecule has 0 unspecified atom stereocenters. The number of ether oxygens (including phenoxy) is 2. The van der Waals surface area contributed by atoms with Crippen LogP contribution in [0.3, 0.4) is 0 Å². The molecule has 224 valence electrons. The molecular formula is C32H36N6O4S. The zero-order valence-corrected chi connectivity index (χ0v) is 24.8. The third kappa shape index (κ3) is 7.68. The number of aromatic nitrogens is 2. The standard InChI is InChI=1S/C32H36N6O4S/c39-19-18-38-16-14-37(15-17-38)13-1-2-23-3-6-25(7-4-23)35-32-33-12-11-26(36-32)29-9-10-30(43-29)31(40)34-21-24-5-8-27-28(20-24)42-22-41-27/h3-12,20,39H,1-2,13-19,21-22H2,(H,34,40)(H,33,35,36). The summed E-state index contributed by atoms with van der Waals surface area (Å²) in [4.78, 5) is 28.2. The predicted molar refractivity (Wildman–Crippen MR) is 167 cm³/mol. The van der Waals surface area contributed by atoms with Gasteiger partial charge in [0.05, 0.1) is 22.1 Å². The van der Waals surface area contributed by atoms with Gasteiger partial charge in [-0.05, 0) is 73.0 Å². The van der Waals surface area contributed by atoms with Gasteiger partial charge in [0.15, 0.2) is 11.5 Å². The second-order valence-corrected chi connectivity index (χ2v) is 11.7. The molecule has 2 aliphatic rings. The van der Waals surface area contributed by atoms with Crippen LogP contribution in [0.15, 0.2) is 66.9 Å². The molecule has 6 rings (SSSR count). The van der Waals surface area contributed by atoms with Crippen molar-refractivity contribution < 1.29 is 19.4 Å². The zero-order chi connectivity index (χ0) is 29.4. The number of aliphatic hydroxyl groups is 1. The number of thiophene rings is 1. The summed E-state index contributed by atoms with van der Waals surface area (Å²) in [5, 5.41) is 15.4. The summed E-state index contributed by atoms with van der Waals surface area (Å²) in [6.45, 7) is 6.96. The number of β-amino-alcohol motifs (C(OH)–C–C–N with tert-alkyl or cyclic N) is 1. The lowest BCUT2D eigenvalue weighted by Gasteiger charge is -2.34.